The smallest absolute Gasteiger partial charge is 0.335 e. The number of carbonyl (C=O) groups is 1. The summed E-state index contributed by atoms with van der Waals surface area (Å²) in [5.41, 5.74) is 2.30. The molecule has 0 spiro atoms. The number of carboxylic acids is 1. The van der Waals surface area contributed by atoms with Gasteiger partial charge in [0.1, 0.15) is 11.6 Å². The molecular weight excluding hydrogens is 403 g/mol. The molecule has 0 saturated heterocycles. The van der Waals surface area contributed by atoms with Crippen molar-refractivity contribution in [1.29, 1.82) is 0 Å². The number of carboxylic acid groups (broad SMARTS) is 1. The van der Waals surface area contributed by atoms with Crippen molar-refractivity contribution in [3.8, 4) is 17.0 Å². The minimum absolute atomic E-state index is 0. The van der Waals surface area contributed by atoms with Crippen LogP contribution in [0.1, 0.15) is 17.3 Å². The predicted octanol–water partition coefficient (Wildman–Crippen LogP) is 4.30. The summed E-state index contributed by atoms with van der Waals surface area (Å²) in [6, 6.07) is 13.5. The molecule has 0 saturated carbocycles. The Morgan fingerprint density at radius 3 is 2.48 bits per heavy atom. The molecule has 0 amide bonds. The summed E-state index contributed by atoms with van der Waals surface area (Å²) in [7, 11) is 1.73. The van der Waals surface area contributed by atoms with E-state index in [9.17, 15) is 4.79 Å². The van der Waals surface area contributed by atoms with Gasteiger partial charge < -0.3 is 20.5 Å². The van der Waals surface area contributed by atoms with E-state index in [1.807, 2.05) is 6.92 Å². The number of aromatic carboxylic acids is 1. The molecule has 3 N–H and O–H groups in total. The molecule has 1 aromatic heterocycles. The summed E-state index contributed by atoms with van der Waals surface area (Å²) in [4.78, 5) is 19.9. The summed E-state index contributed by atoms with van der Waals surface area (Å²) in [6.07, 6.45) is 0. The molecular formula is C20H19ClN4NaO3. The van der Waals surface area contributed by atoms with Crippen LogP contribution in [0.5, 0.6) is 5.75 Å². The van der Waals surface area contributed by atoms with Gasteiger partial charge in [0.2, 0.25) is 5.95 Å². The zero-order chi connectivity index (χ0) is 20.1. The van der Waals surface area contributed by atoms with E-state index < -0.39 is 5.97 Å². The Morgan fingerprint density at radius 1 is 1.14 bits per heavy atom. The summed E-state index contributed by atoms with van der Waals surface area (Å²) < 4.78 is 5.70. The third kappa shape index (κ3) is 5.83. The molecule has 145 valence electrons. The zero-order valence-electron chi connectivity index (χ0n) is 16.4. The van der Waals surface area contributed by atoms with Crippen LogP contribution in [-0.2, 0) is 0 Å². The van der Waals surface area contributed by atoms with E-state index in [1.54, 1.807) is 43.4 Å². The van der Waals surface area contributed by atoms with Crippen LogP contribution in [0, 0.1) is 0 Å². The SMILES string of the molecule is CCOc1ccc(Cl)cc1-c1cc(Nc2ccc(C(=O)O)cc2)nc(NC)n1.[Na]. The monoisotopic (exact) mass is 421 g/mol. The van der Waals surface area contributed by atoms with Crippen molar-refractivity contribution in [1.82, 2.24) is 9.97 Å². The summed E-state index contributed by atoms with van der Waals surface area (Å²) in [5.74, 6) is 0.659. The van der Waals surface area contributed by atoms with E-state index in [0.29, 0.717) is 40.5 Å². The van der Waals surface area contributed by atoms with E-state index in [2.05, 4.69) is 20.6 Å². The molecule has 3 rings (SSSR count). The van der Waals surface area contributed by atoms with E-state index in [1.165, 1.54) is 12.1 Å². The quantitative estimate of drug-likeness (QED) is 0.489. The molecule has 1 radical (unpaired) electrons. The Kier molecular flexibility index (Phi) is 8.28. The molecule has 0 bridgehead atoms. The Morgan fingerprint density at radius 2 is 1.86 bits per heavy atom. The maximum atomic E-state index is 11.0. The van der Waals surface area contributed by atoms with Crippen LogP contribution < -0.4 is 15.4 Å². The van der Waals surface area contributed by atoms with Gasteiger partial charge in [-0.3, -0.25) is 0 Å². The van der Waals surface area contributed by atoms with Crippen molar-refractivity contribution in [3.05, 3.63) is 59.1 Å². The molecule has 0 fully saturated rings. The first-order chi connectivity index (χ1) is 13.5. The average Bonchev–Trinajstić information content (AvgIpc) is 2.69. The average molecular weight is 422 g/mol. The van der Waals surface area contributed by atoms with Gasteiger partial charge in [0.25, 0.3) is 0 Å². The number of ether oxygens (including phenoxy) is 1. The Balaban J connectivity index is 0.00000300. The topological polar surface area (TPSA) is 96.4 Å². The number of nitrogens with one attached hydrogen (secondary N) is 2. The van der Waals surface area contributed by atoms with E-state index in [4.69, 9.17) is 21.4 Å². The third-order valence-corrected chi connectivity index (χ3v) is 4.11. The minimum Gasteiger partial charge on any atom is -0.493 e. The fraction of sp³-hybridized carbons (Fsp3) is 0.150. The first kappa shape index (κ1) is 23.0. The van der Waals surface area contributed by atoms with Gasteiger partial charge in [-0.05, 0) is 49.4 Å². The molecule has 0 aliphatic heterocycles. The zero-order valence-corrected chi connectivity index (χ0v) is 19.1. The van der Waals surface area contributed by atoms with Crippen LogP contribution in [0.3, 0.4) is 0 Å². The van der Waals surface area contributed by atoms with E-state index >= 15 is 0 Å². The van der Waals surface area contributed by atoms with Crippen LogP contribution in [-0.4, -0.2) is 64.3 Å². The summed E-state index contributed by atoms with van der Waals surface area (Å²) in [6.45, 7) is 2.42. The van der Waals surface area contributed by atoms with Crippen molar-refractivity contribution in [2.45, 2.75) is 6.92 Å². The molecule has 0 unspecified atom stereocenters. The van der Waals surface area contributed by atoms with Gasteiger partial charge in [-0.2, -0.15) is 4.98 Å². The second-order valence-corrected chi connectivity index (χ2v) is 6.23. The Labute approximate surface area is 195 Å². The number of hydrogen-bond acceptors (Lipinski definition) is 6. The van der Waals surface area contributed by atoms with Crippen molar-refractivity contribution in [2.75, 3.05) is 24.3 Å². The molecule has 0 aliphatic carbocycles. The maximum absolute atomic E-state index is 11.0. The number of benzene rings is 2. The van der Waals surface area contributed by atoms with Gasteiger partial charge in [-0.15, -0.1) is 0 Å². The van der Waals surface area contributed by atoms with Crippen molar-refractivity contribution in [2.24, 2.45) is 0 Å². The third-order valence-electron chi connectivity index (χ3n) is 3.87. The van der Waals surface area contributed by atoms with E-state index in [-0.39, 0.29) is 35.1 Å². The molecule has 3 aromatic rings. The molecule has 29 heavy (non-hydrogen) atoms. The van der Waals surface area contributed by atoms with Crippen molar-refractivity contribution >= 4 is 64.6 Å². The second kappa shape index (κ2) is 10.5. The number of hydrogen-bond donors (Lipinski definition) is 3. The maximum Gasteiger partial charge on any atom is 0.335 e. The standard InChI is InChI=1S/C20H19ClN4O3.Na/c1-3-28-17-9-6-13(21)10-15(17)16-11-18(25-20(22-2)24-16)23-14-7-4-12(5-8-14)19(26)27;/h4-11H,3H2,1-2H3,(H,26,27)(H2,22,23,24,25);. The predicted molar refractivity (Wildman–Crippen MR) is 116 cm³/mol. The Bertz CT molecular complexity index is 1000. The first-order valence-corrected chi connectivity index (χ1v) is 8.98. The number of rotatable bonds is 7. The van der Waals surface area contributed by atoms with Gasteiger partial charge in [0.15, 0.2) is 0 Å². The fourth-order valence-electron chi connectivity index (χ4n) is 2.59. The van der Waals surface area contributed by atoms with Gasteiger partial charge in [0.05, 0.1) is 17.9 Å². The largest absolute Gasteiger partial charge is 0.493 e. The van der Waals surface area contributed by atoms with Crippen LogP contribution in [0.25, 0.3) is 11.3 Å². The van der Waals surface area contributed by atoms with Crippen molar-refractivity contribution in [3.63, 3.8) is 0 Å². The number of aromatic nitrogens is 2. The summed E-state index contributed by atoms with van der Waals surface area (Å²) >= 11 is 6.17. The molecule has 1 heterocycles. The minimum atomic E-state index is -0.974. The number of nitrogens with zero attached hydrogens (tertiary/aromatic N) is 2. The van der Waals surface area contributed by atoms with Gasteiger partial charge in [-0.1, -0.05) is 11.6 Å². The van der Waals surface area contributed by atoms with Gasteiger partial charge >= 0.3 is 5.97 Å². The molecule has 7 nitrogen and oxygen atoms in total. The van der Waals surface area contributed by atoms with Crippen LogP contribution in [0.2, 0.25) is 5.02 Å². The van der Waals surface area contributed by atoms with Crippen LogP contribution in [0.4, 0.5) is 17.5 Å². The van der Waals surface area contributed by atoms with E-state index in [0.717, 1.165) is 5.56 Å². The van der Waals surface area contributed by atoms with Crippen molar-refractivity contribution < 1.29 is 14.6 Å². The Hall–Kier alpha value is -2.32. The second-order valence-electron chi connectivity index (χ2n) is 5.79. The fourth-order valence-corrected chi connectivity index (χ4v) is 2.76. The molecule has 2 aromatic carbocycles. The number of anilines is 3. The molecule has 9 heteroatoms. The summed E-state index contributed by atoms with van der Waals surface area (Å²) in [5, 5.41) is 15.7. The first-order valence-electron chi connectivity index (χ1n) is 8.60. The van der Waals surface area contributed by atoms with Crippen LogP contribution >= 0.6 is 11.6 Å². The normalized spacial score (nSPS) is 10.0. The van der Waals surface area contributed by atoms with Crippen LogP contribution in [0.15, 0.2) is 48.5 Å². The molecule has 0 atom stereocenters. The van der Waals surface area contributed by atoms with Gasteiger partial charge in [-0.25, -0.2) is 9.78 Å². The van der Waals surface area contributed by atoms with Gasteiger partial charge in [0, 0.05) is 58.9 Å². The number of halogens is 1. The molecule has 0 aliphatic rings.